The van der Waals surface area contributed by atoms with Crippen molar-refractivity contribution in [2.45, 2.75) is 25.6 Å². The lowest BCUT2D eigenvalue weighted by molar-refractivity contribution is -0.122. The fourth-order valence-electron chi connectivity index (χ4n) is 2.80. The molecule has 6 nitrogen and oxygen atoms in total. The van der Waals surface area contributed by atoms with E-state index in [0.29, 0.717) is 5.57 Å². The van der Waals surface area contributed by atoms with Gasteiger partial charge in [0.05, 0.1) is 30.8 Å². The number of carbonyl (C=O) groups excluding carboxylic acids is 1. The molecule has 0 heterocycles. The van der Waals surface area contributed by atoms with Gasteiger partial charge in [-0.25, -0.2) is 0 Å². The molecule has 6 heteroatoms. The SMILES string of the molecule is C=C(C)C(O)CC1C(=O)C=C(OC)C(=C(O)C=Cc2ccc(O)cc2)C1O. The van der Waals surface area contributed by atoms with Crippen LogP contribution in [0.2, 0.25) is 0 Å². The van der Waals surface area contributed by atoms with Crippen LogP contribution < -0.4 is 0 Å². The number of phenols is 1. The van der Waals surface area contributed by atoms with Gasteiger partial charge in [-0.05, 0) is 37.1 Å². The van der Waals surface area contributed by atoms with Crippen LogP contribution in [0.1, 0.15) is 18.9 Å². The van der Waals surface area contributed by atoms with Crippen molar-refractivity contribution in [2.24, 2.45) is 5.92 Å². The zero-order valence-electron chi connectivity index (χ0n) is 15.3. The lowest BCUT2D eigenvalue weighted by atomic mass is 9.80. The fourth-order valence-corrected chi connectivity index (χ4v) is 2.80. The van der Waals surface area contributed by atoms with Crippen LogP contribution in [0.4, 0.5) is 0 Å². The minimum absolute atomic E-state index is 0.0126. The maximum absolute atomic E-state index is 12.3. The predicted molar refractivity (Wildman–Crippen MR) is 102 cm³/mol. The molecule has 0 fully saturated rings. The fraction of sp³-hybridized carbons (Fsp3) is 0.286. The normalized spacial score (nSPS) is 23.1. The number of ether oxygens (including phenoxy) is 1. The van der Waals surface area contributed by atoms with Crippen molar-refractivity contribution in [1.82, 2.24) is 0 Å². The van der Waals surface area contributed by atoms with Gasteiger partial charge in [-0.3, -0.25) is 4.79 Å². The van der Waals surface area contributed by atoms with E-state index in [1.54, 1.807) is 25.1 Å². The van der Waals surface area contributed by atoms with Gasteiger partial charge in [-0.2, -0.15) is 0 Å². The topological polar surface area (TPSA) is 107 Å². The number of phenolic OH excluding ortho intramolecular Hbond substituents is 1. The second-order valence-electron chi connectivity index (χ2n) is 6.49. The van der Waals surface area contributed by atoms with E-state index in [1.165, 1.54) is 31.4 Å². The first-order chi connectivity index (χ1) is 12.7. The number of hydrogen-bond acceptors (Lipinski definition) is 6. The highest BCUT2D eigenvalue weighted by Crippen LogP contribution is 2.33. The van der Waals surface area contributed by atoms with Crippen molar-refractivity contribution in [3.63, 3.8) is 0 Å². The lowest BCUT2D eigenvalue weighted by Crippen LogP contribution is -2.37. The van der Waals surface area contributed by atoms with Gasteiger partial charge in [0.15, 0.2) is 5.78 Å². The maximum atomic E-state index is 12.3. The van der Waals surface area contributed by atoms with Gasteiger partial charge in [-0.15, -0.1) is 0 Å². The van der Waals surface area contributed by atoms with Crippen molar-refractivity contribution in [1.29, 1.82) is 0 Å². The summed E-state index contributed by atoms with van der Waals surface area (Å²) in [6.07, 6.45) is 1.89. The summed E-state index contributed by atoms with van der Waals surface area (Å²) >= 11 is 0. The smallest absolute Gasteiger partial charge is 0.165 e. The molecule has 0 aliphatic heterocycles. The Balaban J connectivity index is 2.36. The summed E-state index contributed by atoms with van der Waals surface area (Å²) in [5, 5.41) is 40.5. The van der Waals surface area contributed by atoms with E-state index >= 15 is 0 Å². The maximum Gasteiger partial charge on any atom is 0.165 e. The Morgan fingerprint density at radius 2 is 1.96 bits per heavy atom. The molecule has 1 aromatic rings. The molecule has 27 heavy (non-hydrogen) atoms. The van der Waals surface area contributed by atoms with Crippen molar-refractivity contribution >= 4 is 11.9 Å². The molecule has 3 unspecified atom stereocenters. The molecule has 0 aromatic heterocycles. The van der Waals surface area contributed by atoms with E-state index in [2.05, 4.69) is 6.58 Å². The molecule has 1 aliphatic rings. The number of aliphatic hydroxyl groups excluding tert-OH is 3. The second-order valence-corrected chi connectivity index (χ2v) is 6.49. The largest absolute Gasteiger partial charge is 0.508 e. The average Bonchev–Trinajstić information content (AvgIpc) is 2.63. The second kappa shape index (κ2) is 8.70. The number of hydrogen-bond donors (Lipinski definition) is 4. The first-order valence-corrected chi connectivity index (χ1v) is 8.46. The first-order valence-electron chi connectivity index (χ1n) is 8.46. The van der Waals surface area contributed by atoms with Crippen LogP contribution in [0.5, 0.6) is 5.75 Å². The summed E-state index contributed by atoms with van der Waals surface area (Å²) in [6, 6.07) is 6.33. The van der Waals surface area contributed by atoms with Gasteiger partial charge in [0.25, 0.3) is 0 Å². The van der Waals surface area contributed by atoms with Crippen LogP contribution in [0.15, 0.2) is 65.7 Å². The Kier molecular flexibility index (Phi) is 6.60. The highest BCUT2D eigenvalue weighted by Gasteiger charge is 2.38. The highest BCUT2D eigenvalue weighted by molar-refractivity contribution is 5.95. The lowest BCUT2D eigenvalue weighted by Gasteiger charge is -2.30. The summed E-state index contributed by atoms with van der Waals surface area (Å²) in [6.45, 7) is 5.29. The van der Waals surface area contributed by atoms with E-state index in [1.807, 2.05) is 0 Å². The molecular weight excluding hydrogens is 348 g/mol. The number of methoxy groups -OCH3 is 1. The third-order valence-corrected chi connectivity index (χ3v) is 4.45. The van der Waals surface area contributed by atoms with Crippen LogP contribution in [0.25, 0.3) is 6.08 Å². The van der Waals surface area contributed by atoms with Crippen molar-refractivity contribution < 1.29 is 30.0 Å². The Bertz CT molecular complexity index is 800. The van der Waals surface area contributed by atoms with Gasteiger partial charge in [0.2, 0.25) is 0 Å². The van der Waals surface area contributed by atoms with Crippen LogP contribution in [-0.2, 0) is 9.53 Å². The Morgan fingerprint density at radius 1 is 1.33 bits per heavy atom. The number of carbonyl (C=O) groups is 1. The number of allylic oxidation sites excluding steroid dienone is 2. The van der Waals surface area contributed by atoms with Gasteiger partial charge in [0.1, 0.15) is 17.3 Å². The Morgan fingerprint density at radius 3 is 2.52 bits per heavy atom. The number of ketones is 1. The summed E-state index contributed by atoms with van der Waals surface area (Å²) in [7, 11) is 1.34. The molecule has 144 valence electrons. The van der Waals surface area contributed by atoms with Crippen LogP contribution in [0, 0.1) is 5.92 Å². The molecule has 1 aliphatic carbocycles. The van der Waals surface area contributed by atoms with E-state index < -0.39 is 23.9 Å². The van der Waals surface area contributed by atoms with Gasteiger partial charge in [0, 0.05) is 6.08 Å². The Hall–Kier alpha value is -2.83. The monoisotopic (exact) mass is 372 g/mol. The molecule has 0 radical (unpaired) electrons. The van der Waals surface area contributed by atoms with Crippen molar-refractivity contribution in [3.05, 3.63) is 71.2 Å². The van der Waals surface area contributed by atoms with E-state index in [-0.39, 0.29) is 29.3 Å². The highest BCUT2D eigenvalue weighted by atomic mass is 16.5. The number of aromatic hydroxyl groups is 1. The van der Waals surface area contributed by atoms with Crippen molar-refractivity contribution in [2.75, 3.05) is 7.11 Å². The van der Waals surface area contributed by atoms with Gasteiger partial charge in [-0.1, -0.05) is 30.4 Å². The third kappa shape index (κ3) is 4.87. The minimum Gasteiger partial charge on any atom is -0.508 e. The van der Waals surface area contributed by atoms with E-state index in [9.17, 15) is 25.2 Å². The molecule has 0 bridgehead atoms. The Labute approximate surface area is 158 Å². The molecule has 2 rings (SSSR count). The molecule has 0 amide bonds. The average molecular weight is 372 g/mol. The zero-order valence-corrected chi connectivity index (χ0v) is 15.3. The summed E-state index contributed by atoms with van der Waals surface area (Å²) in [5.74, 6) is -1.37. The number of benzene rings is 1. The number of rotatable bonds is 6. The van der Waals surface area contributed by atoms with Crippen LogP contribution in [-0.4, -0.2) is 45.5 Å². The van der Waals surface area contributed by atoms with E-state index in [4.69, 9.17) is 4.74 Å². The molecule has 0 saturated heterocycles. The first kappa shape index (κ1) is 20.5. The zero-order chi connectivity index (χ0) is 20.1. The summed E-state index contributed by atoms with van der Waals surface area (Å²) in [5.41, 5.74) is 1.28. The molecule has 0 spiro atoms. The molecule has 0 saturated carbocycles. The van der Waals surface area contributed by atoms with E-state index in [0.717, 1.165) is 5.56 Å². The summed E-state index contributed by atoms with van der Waals surface area (Å²) < 4.78 is 5.15. The third-order valence-electron chi connectivity index (χ3n) is 4.45. The minimum atomic E-state index is -1.34. The molecular formula is C21H24O6. The van der Waals surface area contributed by atoms with Crippen molar-refractivity contribution in [3.8, 4) is 5.75 Å². The van der Waals surface area contributed by atoms with Gasteiger partial charge >= 0.3 is 0 Å². The quantitative estimate of drug-likeness (QED) is 0.452. The number of aliphatic hydroxyl groups is 3. The molecule has 1 aromatic carbocycles. The summed E-state index contributed by atoms with van der Waals surface area (Å²) in [4.78, 5) is 12.3. The molecule has 3 atom stereocenters. The van der Waals surface area contributed by atoms with Crippen LogP contribution in [0.3, 0.4) is 0 Å². The predicted octanol–water partition coefficient (Wildman–Crippen LogP) is 2.63. The van der Waals surface area contributed by atoms with Gasteiger partial charge < -0.3 is 25.2 Å². The molecule has 4 N–H and O–H groups in total. The standard InChI is InChI=1S/C21H24O6/c1-12(2)17(24)10-15-18(25)11-19(27-3)20(21(15)26)16(23)9-6-13-4-7-14(22)8-5-13/h4-9,11,15,17,21-24,26H,1,10H2,2-3H3. The van der Waals surface area contributed by atoms with Crippen LogP contribution >= 0.6 is 0 Å².